The first-order valence-corrected chi connectivity index (χ1v) is 6.97. The third-order valence-electron chi connectivity index (χ3n) is 3.16. The van der Waals surface area contributed by atoms with E-state index < -0.39 is 0 Å². The van der Waals surface area contributed by atoms with Crippen LogP contribution in [-0.2, 0) is 11.2 Å². The molecule has 0 aliphatic carbocycles. The second-order valence-corrected chi connectivity index (χ2v) is 4.75. The summed E-state index contributed by atoms with van der Waals surface area (Å²) >= 11 is 0. The van der Waals surface area contributed by atoms with Crippen molar-refractivity contribution < 1.29 is 9.32 Å². The third kappa shape index (κ3) is 3.33. The van der Waals surface area contributed by atoms with E-state index in [1.807, 2.05) is 54.6 Å². The van der Waals surface area contributed by atoms with E-state index in [1.165, 1.54) is 0 Å². The molecule has 0 spiro atoms. The van der Waals surface area contributed by atoms with Gasteiger partial charge >= 0.3 is 0 Å². The third-order valence-corrected chi connectivity index (χ3v) is 3.16. The number of nitrogens with one attached hydrogen (secondary N) is 1. The van der Waals surface area contributed by atoms with Gasteiger partial charge in [-0.1, -0.05) is 47.3 Å². The molecule has 4 nitrogen and oxygen atoms in total. The number of carbonyl (C=O) groups excluding carboxylic acids is 1. The number of fused-ring (bicyclic) bond motifs is 1. The van der Waals surface area contributed by atoms with Crippen LogP contribution in [-0.4, -0.2) is 17.6 Å². The fraction of sp³-hybridized carbons (Fsp3) is 0.111. The van der Waals surface area contributed by atoms with Crippen LogP contribution in [0.2, 0.25) is 0 Å². The molecule has 1 N–H and O–H groups in total. The lowest BCUT2D eigenvalue weighted by Gasteiger charge is -1.98. The molecule has 3 aromatic rings. The number of aromatic nitrogens is 1. The topological polar surface area (TPSA) is 55.1 Å². The number of para-hydroxylation sites is 1. The molecule has 108 valence electrons. The molecular weight excluding hydrogens is 276 g/mol. The average molecular weight is 290 g/mol. The van der Waals surface area contributed by atoms with E-state index in [1.54, 1.807) is 0 Å². The molecule has 0 radical (unpaired) electrons. The van der Waals surface area contributed by atoms with Gasteiger partial charge in [0.1, 0.15) is 5.69 Å². The standard InChI is InChI=1S/C18H14N2O2/c21-18(19-12-6-9-14-7-2-1-3-8-14)13-16-15-10-4-5-11-17(15)22-20-16/h1-5,7-8,10-11H,12-13H2,(H,19,21). The lowest BCUT2D eigenvalue weighted by atomic mass is 10.1. The maximum atomic E-state index is 11.9. The predicted octanol–water partition coefficient (Wildman–Crippen LogP) is 2.54. The van der Waals surface area contributed by atoms with Crippen molar-refractivity contribution in [2.75, 3.05) is 6.54 Å². The van der Waals surface area contributed by atoms with Gasteiger partial charge in [0.15, 0.2) is 5.58 Å². The maximum Gasteiger partial charge on any atom is 0.226 e. The van der Waals surface area contributed by atoms with E-state index in [-0.39, 0.29) is 12.3 Å². The minimum Gasteiger partial charge on any atom is -0.356 e. The molecule has 0 saturated carbocycles. The lowest BCUT2D eigenvalue weighted by Crippen LogP contribution is -2.25. The fourth-order valence-corrected chi connectivity index (χ4v) is 2.09. The minimum atomic E-state index is -0.124. The van der Waals surface area contributed by atoms with Crippen molar-refractivity contribution in [3.05, 3.63) is 65.9 Å². The van der Waals surface area contributed by atoms with E-state index in [9.17, 15) is 4.79 Å². The Morgan fingerprint density at radius 3 is 2.73 bits per heavy atom. The molecule has 0 aliphatic heterocycles. The molecule has 2 aromatic carbocycles. The summed E-state index contributed by atoms with van der Waals surface area (Å²) in [7, 11) is 0. The van der Waals surface area contributed by atoms with Crippen molar-refractivity contribution in [2.24, 2.45) is 0 Å². The molecule has 22 heavy (non-hydrogen) atoms. The Hall–Kier alpha value is -3.06. The van der Waals surface area contributed by atoms with Crippen molar-refractivity contribution in [3.63, 3.8) is 0 Å². The van der Waals surface area contributed by atoms with E-state index in [0.29, 0.717) is 17.8 Å². The van der Waals surface area contributed by atoms with Crippen molar-refractivity contribution in [1.82, 2.24) is 10.5 Å². The van der Waals surface area contributed by atoms with Gasteiger partial charge in [-0.3, -0.25) is 4.79 Å². The van der Waals surface area contributed by atoms with E-state index in [2.05, 4.69) is 22.3 Å². The van der Waals surface area contributed by atoms with Gasteiger partial charge in [0.2, 0.25) is 5.91 Å². The van der Waals surface area contributed by atoms with Crippen LogP contribution in [0.4, 0.5) is 0 Å². The quantitative estimate of drug-likeness (QED) is 0.754. The van der Waals surface area contributed by atoms with Gasteiger partial charge in [-0.25, -0.2) is 0 Å². The highest BCUT2D eigenvalue weighted by Crippen LogP contribution is 2.17. The highest BCUT2D eigenvalue weighted by molar-refractivity contribution is 5.86. The van der Waals surface area contributed by atoms with Crippen LogP contribution in [0.3, 0.4) is 0 Å². The molecule has 3 rings (SSSR count). The van der Waals surface area contributed by atoms with Crippen LogP contribution in [0.15, 0.2) is 59.1 Å². The number of rotatable bonds is 3. The SMILES string of the molecule is O=C(Cc1noc2ccccc12)NCC#Cc1ccccc1. The predicted molar refractivity (Wildman–Crippen MR) is 84.0 cm³/mol. The smallest absolute Gasteiger partial charge is 0.226 e. The van der Waals surface area contributed by atoms with Gasteiger partial charge in [0.05, 0.1) is 13.0 Å². The molecule has 0 aliphatic rings. The van der Waals surface area contributed by atoms with E-state index in [4.69, 9.17) is 4.52 Å². The fourth-order valence-electron chi connectivity index (χ4n) is 2.09. The van der Waals surface area contributed by atoms with Crippen LogP contribution in [0.1, 0.15) is 11.3 Å². The first-order chi connectivity index (χ1) is 10.8. The molecule has 4 heteroatoms. The molecule has 0 saturated heterocycles. The zero-order valence-electron chi connectivity index (χ0n) is 11.9. The average Bonchev–Trinajstić information content (AvgIpc) is 2.96. The number of hydrogen-bond acceptors (Lipinski definition) is 3. The second kappa shape index (κ2) is 6.59. The van der Waals surface area contributed by atoms with Gasteiger partial charge in [-0.15, -0.1) is 0 Å². The van der Waals surface area contributed by atoms with Crippen LogP contribution >= 0.6 is 0 Å². The lowest BCUT2D eigenvalue weighted by molar-refractivity contribution is -0.120. The van der Waals surface area contributed by atoms with Crippen LogP contribution in [0, 0.1) is 11.8 Å². The van der Waals surface area contributed by atoms with Gasteiger partial charge in [0.25, 0.3) is 0 Å². The van der Waals surface area contributed by atoms with Crippen molar-refractivity contribution in [1.29, 1.82) is 0 Å². The number of hydrogen-bond donors (Lipinski definition) is 1. The summed E-state index contributed by atoms with van der Waals surface area (Å²) < 4.78 is 5.18. The van der Waals surface area contributed by atoms with Crippen molar-refractivity contribution in [2.45, 2.75) is 6.42 Å². The summed E-state index contributed by atoms with van der Waals surface area (Å²) in [6.45, 7) is 0.309. The summed E-state index contributed by atoms with van der Waals surface area (Å²) in [6.07, 6.45) is 0.185. The Balaban J connectivity index is 1.56. The second-order valence-electron chi connectivity index (χ2n) is 4.75. The molecule has 1 amide bonds. The Morgan fingerprint density at radius 1 is 1.09 bits per heavy atom. The first-order valence-electron chi connectivity index (χ1n) is 6.97. The first kappa shape index (κ1) is 13.9. The molecule has 0 atom stereocenters. The number of amides is 1. The normalized spacial score (nSPS) is 10.0. The molecule has 0 fully saturated rings. The summed E-state index contributed by atoms with van der Waals surface area (Å²) in [5, 5.41) is 7.57. The number of nitrogens with zero attached hydrogens (tertiary/aromatic N) is 1. The number of carbonyl (C=O) groups is 1. The summed E-state index contributed by atoms with van der Waals surface area (Å²) in [4.78, 5) is 11.9. The molecule has 0 unspecified atom stereocenters. The highest BCUT2D eigenvalue weighted by atomic mass is 16.5. The Morgan fingerprint density at radius 2 is 1.86 bits per heavy atom. The molecule has 1 aromatic heterocycles. The Labute approximate surface area is 128 Å². The largest absolute Gasteiger partial charge is 0.356 e. The molecule has 0 bridgehead atoms. The van der Waals surface area contributed by atoms with E-state index >= 15 is 0 Å². The Kier molecular flexibility index (Phi) is 4.17. The Bertz CT molecular complexity index is 841. The molecule has 1 heterocycles. The summed E-state index contributed by atoms with van der Waals surface area (Å²) in [5.41, 5.74) is 2.26. The number of benzene rings is 2. The van der Waals surface area contributed by atoms with Gasteiger partial charge in [-0.2, -0.15) is 0 Å². The minimum absolute atomic E-state index is 0.124. The molecular formula is C18H14N2O2. The zero-order valence-corrected chi connectivity index (χ0v) is 11.9. The van der Waals surface area contributed by atoms with Crippen LogP contribution < -0.4 is 5.32 Å². The van der Waals surface area contributed by atoms with Crippen LogP contribution in [0.5, 0.6) is 0 Å². The van der Waals surface area contributed by atoms with Crippen molar-refractivity contribution in [3.8, 4) is 11.8 Å². The highest BCUT2D eigenvalue weighted by Gasteiger charge is 2.11. The monoisotopic (exact) mass is 290 g/mol. The maximum absolute atomic E-state index is 11.9. The summed E-state index contributed by atoms with van der Waals surface area (Å²) in [6, 6.07) is 17.1. The van der Waals surface area contributed by atoms with E-state index in [0.717, 1.165) is 10.9 Å². The van der Waals surface area contributed by atoms with Crippen LogP contribution in [0.25, 0.3) is 11.0 Å². The van der Waals surface area contributed by atoms with Gasteiger partial charge in [-0.05, 0) is 24.3 Å². The van der Waals surface area contributed by atoms with Gasteiger partial charge in [0, 0.05) is 10.9 Å². The summed E-state index contributed by atoms with van der Waals surface area (Å²) in [5.74, 6) is 5.79. The van der Waals surface area contributed by atoms with Crippen molar-refractivity contribution >= 4 is 16.9 Å². The van der Waals surface area contributed by atoms with Gasteiger partial charge < -0.3 is 9.84 Å². The zero-order chi connectivity index (χ0) is 15.2.